The van der Waals surface area contributed by atoms with Crippen molar-refractivity contribution in [2.75, 3.05) is 20.3 Å². The van der Waals surface area contributed by atoms with E-state index in [0.29, 0.717) is 23.6 Å². The third kappa shape index (κ3) is 3.59. The Morgan fingerprint density at radius 1 is 1.50 bits per heavy atom. The van der Waals surface area contributed by atoms with Gasteiger partial charge in [0.2, 0.25) is 10.0 Å². The topological polar surface area (TPSA) is 66.8 Å². The number of hydrogen-bond acceptors (Lipinski definition) is 5. The molecular weight excluding hydrogens is 298 g/mol. The molecule has 5 nitrogen and oxygen atoms in total. The molecule has 0 spiro atoms. The lowest BCUT2D eigenvalue weighted by Crippen LogP contribution is -2.40. The van der Waals surface area contributed by atoms with Crippen LogP contribution in [0.4, 0.5) is 0 Å². The zero-order chi connectivity index (χ0) is 15.3. The first-order valence-corrected chi connectivity index (χ1v) is 8.90. The van der Waals surface area contributed by atoms with E-state index in [1.165, 1.54) is 15.6 Å². The van der Waals surface area contributed by atoms with Gasteiger partial charge in [0.05, 0.1) is 18.1 Å². The van der Waals surface area contributed by atoms with Crippen LogP contribution in [0.1, 0.15) is 30.7 Å². The zero-order valence-electron chi connectivity index (χ0n) is 12.4. The van der Waals surface area contributed by atoms with Crippen molar-refractivity contribution in [3.8, 4) is 0 Å². The van der Waals surface area contributed by atoms with E-state index >= 15 is 0 Å². The maximum absolute atomic E-state index is 12.9. The van der Waals surface area contributed by atoms with Gasteiger partial charge in [-0.2, -0.15) is 4.31 Å². The first kappa shape index (κ1) is 17.6. The van der Waals surface area contributed by atoms with Crippen LogP contribution in [-0.4, -0.2) is 44.1 Å². The fourth-order valence-electron chi connectivity index (χ4n) is 2.02. The molecule has 0 saturated heterocycles. The van der Waals surface area contributed by atoms with E-state index in [9.17, 15) is 13.5 Å². The van der Waals surface area contributed by atoms with Gasteiger partial charge in [-0.25, -0.2) is 8.42 Å². The predicted molar refractivity (Wildman–Crippen MR) is 80.5 cm³/mol. The van der Waals surface area contributed by atoms with Crippen LogP contribution in [0.5, 0.6) is 0 Å². The summed E-state index contributed by atoms with van der Waals surface area (Å²) < 4.78 is 32.2. The van der Waals surface area contributed by atoms with Crippen molar-refractivity contribution in [1.29, 1.82) is 0 Å². The highest BCUT2D eigenvalue weighted by Gasteiger charge is 2.32. The molecule has 1 heterocycles. The average Bonchev–Trinajstić information content (AvgIpc) is 2.80. The summed E-state index contributed by atoms with van der Waals surface area (Å²) >= 11 is 1.28. The summed E-state index contributed by atoms with van der Waals surface area (Å²) in [5, 5.41) is 11.1. The van der Waals surface area contributed by atoms with Crippen molar-refractivity contribution >= 4 is 21.4 Å². The predicted octanol–water partition coefficient (Wildman–Crippen LogP) is 1.98. The maximum atomic E-state index is 12.9. The van der Waals surface area contributed by atoms with E-state index in [1.807, 2.05) is 13.8 Å². The highest BCUT2D eigenvalue weighted by molar-refractivity contribution is 7.89. The Labute approximate surface area is 125 Å². The Hall–Kier alpha value is -0.470. The molecule has 0 saturated carbocycles. The van der Waals surface area contributed by atoms with Crippen LogP contribution < -0.4 is 0 Å². The molecule has 20 heavy (non-hydrogen) atoms. The number of aliphatic hydroxyl groups excluding tert-OH is 1. The van der Waals surface area contributed by atoms with Gasteiger partial charge in [-0.05, 0) is 31.2 Å². The van der Waals surface area contributed by atoms with Crippen LogP contribution in [0.25, 0.3) is 0 Å². The van der Waals surface area contributed by atoms with Gasteiger partial charge >= 0.3 is 0 Å². The zero-order valence-corrected chi connectivity index (χ0v) is 14.1. The van der Waals surface area contributed by atoms with E-state index in [4.69, 9.17) is 4.74 Å². The molecule has 1 unspecified atom stereocenters. The lowest BCUT2D eigenvalue weighted by molar-refractivity contribution is 0.167. The molecule has 0 aliphatic carbocycles. The van der Waals surface area contributed by atoms with E-state index in [2.05, 4.69) is 0 Å². The number of sulfonamides is 1. The maximum Gasteiger partial charge on any atom is 0.244 e. The normalized spacial score (nSPS) is 13.9. The minimum Gasteiger partial charge on any atom is -0.391 e. The minimum atomic E-state index is -3.61. The van der Waals surface area contributed by atoms with Gasteiger partial charge in [-0.1, -0.05) is 6.92 Å². The molecule has 0 bridgehead atoms. The summed E-state index contributed by atoms with van der Waals surface area (Å²) in [6.07, 6.45) is 0.723. The van der Waals surface area contributed by atoms with Gasteiger partial charge in [0.15, 0.2) is 0 Å². The fraction of sp³-hybridized carbons (Fsp3) is 0.692. The van der Waals surface area contributed by atoms with Crippen LogP contribution in [0, 0.1) is 6.92 Å². The molecule has 0 radical (unpaired) electrons. The number of nitrogens with zero attached hydrogens (tertiary/aromatic N) is 1. The van der Waals surface area contributed by atoms with Gasteiger partial charge in [-0.15, -0.1) is 11.3 Å². The Morgan fingerprint density at radius 2 is 2.15 bits per heavy atom. The number of aliphatic hydroxyl groups is 1. The molecule has 7 heteroatoms. The largest absolute Gasteiger partial charge is 0.391 e. The summed E-state index contributed by atoms with van der Waals surface area (Å²) in [5.41, 5.74) is 0.685. The van der Waals surface area contributed by atoms with Gasteiger partial charge in [0.1, 0.15) is 4.90 Å². The van der Waals surface area contributed by atoms with Crippen LogP contribution in [-0.2, 0) is 21.4 Å². The van der Waals surface area contributed by atoms with Crippen LogP contribution >= 0.6 is 11.3 Å². The number of aryl methyl sites for hydroxylation is 1. The summed E-state index contributed by atoms with van der Waals surface area (Å²) in [5.74, 6) is 0. The Bertz CT molecular complexity index is 524. The molecule has 0 amide bonds. The van der Waals surface area contributed by atoms with E-state index in [-0.39, 0.29) is 17.5 Å². The molecule has 0 aliphatic heterocycles. The van der Waals surface area contributed by atoms with Crippen LogP contribution in [0.3, 0.4) is 0 Å². The molecule has 1 aromatic heterocycles. The second-order valence-electron chi connectivity index (χ2n) is 4.69. The highest BCUT2D eigenvalue weighted by atomic mass is 32.2. The van der Waals surface area contributed by atoms with Gasteiger partial charge in [0.25, 0.3) is 0 Å². The third-order valence-corrected chi connectivity index (χ3v) is 6.76. The molecule has 1 N–H and O–H groups in total. The first-order chi connectivity index (χ1) is 9.39. The smallest absolute Gasteiger partial charge is 0.244 e. The Morgan fingerprint density at radius 3 is 2.65 bits per heavy atom. The summed E-state index contributed by atoms with van der Waals surface area (Å²) in [6, 6.07) is -0.110. The SMILES string of the molecule is CCC(C)N(CCOC)S(=O)(=O)c1c(C)csc1CO. The van der Waals surface area contributed by atoms with E-state index in [1.54, 1.807) is 19.4 Å². The monoisotopic (exact) mass is 321 g/mol. The van der Waals surface area contributed by atoms with Crippen LogP contribution in [0.15, 0.2) is 10.3 Å². The van der Waals surface area contributed by atoms with Crippen LogP contribution in [0.2, 0.25) is 0 Å². The lowest BCUT2D eigenvalue weighted by atomic mass is 10.3. The standard InChI is InChI=1S/C13H23NO4S2/c1-5-11(3)14(6-7-18-4)20(16,17)13-10(2)9-19-12(13)8-15/h9,11,15H,5-8H2,1-4H3. The molecular formula is C13H23NO4S2. The second-order valence-corrected chi connectivity index (χ2v) is 7.49. The fourth-order valence-corrected chi connectivity index (χ4v) is 5.33. The van der Waals surface area contributed by atoms with Crippen molar-refractivity contribution in [2.45, 2.75) is 44.7 Å². The third-order valence-electron chi connectivity index (χ3n) is 3.30. The van der Waals surface area contributed by atoms with Crippen molar-refractivity contribution in [1.82, 2.24) is 4.31 Å². The molecule has 0 aromatic carbocycles. The van der Waals surface area contributed by atoms with Crippen molar-refractivity contribution in [2.24, 2.45) is 0 Å². The van der Waals surface area contributed by atoms with Crippen molar-refractivity contribution in [3.63, 3.8) is 0 Å². The van der Waals surface area contributed by atoms with Crippen molar-refractivity contribution in [3.05, 3.63) is 15.8 Å². The van der Waals surface area contributed by atoms with E-state index in [0.717, 1.165) is 6.42 Å². The molecule has 0 fully saturated rings. The molecule has 1 atom stereocenters. The molecule has 116 valence electrons. The quantitative estimate of drug-likeness (QED) is 0.795. The number of hydrogen-bond donors (Lipinski definition) is 1. The lowest BCUT2D eigenvalue weighted by Gasteiger charge is -2.27. The van der Waals surface area contributed by atoms with Crippen molar-refractivity contribution < 1.29 is 18.3 Å². The summed E-state index contributed by atoms with van der Waals surface area (Å²) in [6.45, 7) is 6.00. The Balaban J connectivity index is 3.25. The van der Waals surface area contributed by atoms with Gasteiger partial charge in [-0.3, -0.25) is 0 Å². The second kappa shape index (κ2) is 7.51. The van der Waals surface area contributed by atoms with Gasteiger partial charge in [0, 0.05) is 19.7 Å². The number of ether oxygens (including phenoxy) is 1. The first-order valence-electron chi connectivity index (χ1n) is 6.58. The number of thiophene rings is 1. The molecule has 1 aromatic rings. The minimum absolute atomic E-state index is 0.110. The molecule has 0 aliphatic rings. The van der Waals surface area contributed by atoms with Gasteiger partial charge < -0.3 is 9.84 Å². The average molecular weight is 321 g/mol. The number of methoxy groups -OCH3 is 1. The Kier molecular flexibility index (Phi) is 6.60. The summed E-state index contributed by atoms with van der Waals surface area (Å²) in [4.78, 5) is 0.745. The number of rotatable bonds is 8. The van der Waals surface area contributed by atoms with E-state index < -0.39 is 10.0 Å². The molecule has 1 rings (SSSR count). The highest BCUT2D eigenvalue weighted by Crippen LogP contribution is 2.30. The summed E-state index contributed by atoms with van der Waals surface area (Å²) in [7, 11) is -2.06.